The Morgan fingerprint density at radius 3 is 2.90 bits per heavy atom. The van der Waals surface area contributed by atoms with E-state index in [-0.39, 0.29) is 11.0 Å². The minimum Gasteiger partial charge on any atom is -0.383 e. The summed E-state index contributed by atoms with van der Waals surface area (Å²) in [4.78, 5) is 16.4. The molecule has 1 aromatic carbocycles. The summed E-state index contributed by atoms with van der Waals surface area (Å²) >= 11 is 1.53. The average Bonchev–Trinajstić information content (AvgIpc) is 2.81. The lowest BCUT2D eigenvalue weighted by atomic mass is 10.2. The Hall–Kier alpha value is -1.33. The molecule has 2 aromatic rings. The van der Waals surface area contributed by atoms with Gasteiger partial charge in [-0.05, 0) is 19.1 Å². The van der Waals surface area contributed by atoms with Crippen molar-refractivity contribution in [3.8, 4) is 0 Å². The number of ketones is 1. The fourth-order valence-corrected chi connectivity index (χ4v) is 3.14. The molecule has 5 heteroatoms. The maximum absolute atomic E-state index is 11.8. The largest absolute Gasteiger partial charge is 0.383 e. The second kappa shape index (κ2) is 6.90. The second-order valence-electron chi connectivity index (χ2n) is 4.61. The smallest absolute Gasteiger partial charge is 0.169 e. The van der Waals surface area contributed by atoms with Crippen molar-refractivity contribution in [2.45, 2.75) is 37.2 Å². The van der Waals surface area contributed by atoms with Crippen LogP contribution in [0.3, 0.4) is 0 Å². The molecule has 1 aromatic heterocycles. The Balaban J connectivity index is 2.33. The fourth-order valence-electron chi connectivity index (χ4n) is 2.05. The van der Waals surface area contributed by atoms with E-state index < -0.39 is 0 Å². The molecule has 0 saturated carbocycles. The highest BCUT2D eigenvalue weighted by atomic mass is 32.2. The Morgan fingerprint density at radius 1 is 1.45 bits per heavy atom. The van der Waals surface area contributed by atoms with Gasteiger partial charge in [0.25, 0.3) is 0 Å². The summed E-state index contributed by atoms with van der Waals surface area (Å²) in [6.45, 7) is 5.21. The third-order valence-corrected chi connectivity index (χ3v) is 4.36. The molecule has 1 unspecified atom stereocenters. The minimum atomic E-state index is -0.0712. The molecular formula is C15H20N2O2S. The van der Waals surface area contributed by atoms with Gasteiger partial charge >= 0.3 is 0 Å². The molecule has 0 saturated heterocycles. The molecule has 0 amide bonds. The third-order valence-electron chi connectivity index (χ3n) is 3.22. The molecule has 0 bridgehead atoms. The van der Waals surface area contributed by atoms with Gasteiger partial charge in [-0.25, -0.2) is 4.98 Å². The molecule has 0 aliphatic rings. The van der Waals surface area contributed by atoms with Crippen LogP contribution in [0.1, 0.15) is 20.3 Å². The summed E-state index contributed by atoms with van der Waals surface area (Å²) < 4.78 is 7.30. The number of thioether (sulfide) groups is 1. The summed E-state index contributed by atoms with van der Waals surface area (Å²) in [5.74, 6) is 0.250. The molecule has 2 rings (SSSR count). The van der Waals surface area contributed by atoms with Gasteiger partial charge in [0.15, 0.2) is 5.16 Å². The molecule has 1 heterocycles. The highest BCUT2D eigenvalue weighted by molar-refractivity contribution is 8.00. The lowest BCUT2D eigenvalue weighted by Crippen LogP contribution is -2.13. The van der Waals surface area contributed by atoms with E-state index in [2.05, 4.69) is 9.55 Å². The molecule has 0 fully saturated rings. The van der Waals surface area contributed by atoms with E-state index in [1.807, 2.05) is 38.1 Å². The molecule has 0 N–H and O–H groups in total. The number of fused-ring (bicyclic) bond motifs is 1. The number of methoxy groups -OCH3 is 1. The van der Waals surface area contributed by atoms with E-state index in [0.29, 0.717) is 13.0 Å². The van der Waals surface area contributed by atoms with E-state index in [1.54, 1.807) is 7.11 Å². The van der Waals surface area contributed by atoms with Crippen molar-refractivity contribution >= 4 is 28.6 Å². The van der Waals surface area contributed by atoms with Gasteiger partial charge in [0, 0.05) is 20.1 Å². The zero-order chi connectivity index (χ0) is 14.5. The quantitative estimate of drug-likeness (QED) is 0.735. The first kappa shape index (κ1) is 15.1. The van der Waals surface area contributed by atoms with E-state index in [4.69, 9.17) is 4.74 Å². The summed E-state index contributed by atoms with van der Waals surface area (Å²) in [6, 6.07) is 8.02. The number of carbonyl (C=O) groups excluding carboxylic acids is 1. The van der Waals surface area contributed by atoms with E-state index in [1.165, 1.54) is 11.8 Å². The number of nitrogens with zero attached hydrogens (tertiary/aromatic N) is 2. The standard InChI is InChI=1S/C15H20N2O2S/c1-4-14(18)11(2)20-15-16-12-7-5-6-8-13(12)17(15)9-10-19-3/h5-8,11H,4,9-10H2,1-3H3. The second-order valence-corrected chi connectivity index (χ2v) is 5.92. The first-order valence-corrected chi connectivity index (χ1v) is 7.69. The van der Waals surface area contributed by atoms with Crippen molar-refractivity contribution in [1.29, 1.82) is 0 Å². The van der Waals surface area contributed by atoms with Crippen LogP contribution in [0.15, 0.2) is 29.4 Å². The Labute approximate surface area is 123 Å². The van der Waals surface area contributed by atoms with Gasteiger partial charge in [0.1, 0.15) is 5.78 Å². The van der Waals surface area contributed by atoms with Crippen molar-refractivity contribution < 1.29 is 9.53 Å². The lowest BCUT2D eigenvalue weighted by Gasteiger charge is -2.11. The molecule has 0 aliphatic carbocycles. The van der Waals surface area contributed by atoms with Crippen LogP contribution < -0.4 is 0 Å². The first-order valence-electron chi connectivity index (χ1n) is 6.81. The van der Waals surface area contributed by atoms with Crippen LogP contribution in [0, 0.1) is 0 Å². The molecule has 0 aliphatic heterocycles. The number of benzene rings is 1. The van der Waals surface area contributed by atoms with Gasteiger partial charge in [-0.3, -0.25) is 4.79 Å². The zero-order valence-electron chi connectivity index (χ0n) is 12.1. The van der Waals surface area contributed by atoms with Gasteiger partial charge in [0.2, 0.25) is 0 Å². The van der Waals surface area contributed by atoms with Gasteiger partial charge in [-0.2, -0.15) is 0 Å². The average molecular weight is 292 g/mol. The highest BCUT2D eigenvalue weighted by Gasteiger charge is 2.17. The number of rotatable bonds is 7. The maximum Gasteiger partial charge on any atom is 0.169 e. The Morgan fingerprint density at radius 2 is 2.20 bits per heavy atom. The normalized spacial score (nSPS) is 12.8. The molecule has 1 atom stereocenters. The van der Waals surface area contributed by atoms with Crippen LogP contribution in [0.25, 0.3) is 11.0 Å². The molecule has 0 radical (unpaired) electrons. The summed E-state index contributed by atoms with van der Waals surface area (Å²) in [5, 5.41) is 0.815. The van der Waals surface area contributed by atoms with Crippen LogP contribution in [-0.4, -0.2) is 34.3 Å². The summed E-state index contributed by atoms with van der Waals surface area (Å²) in [6.07, 6.45) is 0.562. The number of hydrogen-bond acceptors (Lipinski definition) is 4. The zero-order valence-corrected chi connectivity index (χ0v) is 12.9. The predicted molar refractivity (Wildman–Crippen MR) is 82.2 cm³/mol. The van der Waals surface area contributed by atoms with Crippen LogP contribution >= 0.6 is 11.8 Å². The first-order chi connectivity index (χ1) is 9.67. The van der Waals surface area contributed by atoms with E-state index in [9.17, 15) is 4.79 Å². The van der Waals surface area contributed by atoms with Crippen molar-refractivity contribution in [2.75, 3.05) is 13.7 Å². The topological polar surface area (TPSA) is 44.1 Å². The Kier molecular flexibility index (Phi) is 5.20. The van der Waals surface area contributed by atoms with Gasteiger partial charge in [-0.15, -0.1) is 0 Å². The van der Waals surface area contributed by atoms with Gasteiger partial charge in [0.05, 0.1) is 22.9 Å². The molecule has 4 nitrogen and oxygen atoms in total. The monoisotopic (exact) mass is 292 g/mol. The van der Waals surface area contributed by atoms with Crippen molar-refractivity contribution in [2.24, 2.45) is 0 Å². The van der Waals surface area contributed by atoms with Crippen molar-refractivity contribution in [3.63, 3.8) is 0 Å². The van der Waals surface area contributed by atoms with Crippen LogP contribution in [0.5, 0.6) is 0 Å². The third kappa shape index (κ3) is 3.22. The predicted octanol–water partition coefficient (Wildman–Crippen LogP) is 3.14. The number of Topliss-reactive ketones (excluding diaryl/α,β-unsaturated/α-hetero) is 1. The Bertz CT molecular complexity index is 595. The summed E-state index contributed by atoms with van der Waals surface area (Å²) in [5.41, 5.74) is 2.05. The number of ether oxygens (including phenoxy) is 1. The van der Waals surface area contributed by atoms with Crippen molar-refractivity contribution in [3.05, 3.63) is 24.3 Å². The number of para-hydroxylation sites is 2. The number of aromatic nitrogens is 2. The van der Waals surface area contributed by atoms with E-state index >= 15 is 0 Å². The highest BCUT2D eigenvalue weighted by Crippen LogP contribution is 2.27. The SMILES string of the molecule is CCC(=O)C(C)Sc1nc2ccccc2n1CCOC. The fraction of sp³-hybridized carbons (Fsp3) is 0.467. The number of hydrogen-bond donors (Lipinski definition) is 0. The summed E-state index contributed by atoms with van der Waals surface area (Å²) in [7, 11) is 1.69. The van der Waals surface area contributed by atoms with Gasteiger partial charge < -0.3 is 9.30 Å². The maximum atomic E-state index is 11.8. The van der Waals surface area contributed by atoms with E-state index in [0.717, 1.165) is 22.7 Å². The molecular weight excluding hydrogens is 272 g/mol. The lowest BCUT2D eigenvalue weighted by molar-refractivity contribution is -0.118. The van der Waals surface area contributed by atoms with Crippen LogP contribution in [0.4, 0.5) is 0 Å². The number of carbonyl (C=O) groups is 1. The molecule has 0 spiro atoms. The van der Waals surface area contributed by atoms with Gasteiger partial charge in [-0.1, -0.05) is 30.8 Å². The number of imidazole rings is 1. The van der Waals surface area contributed by atoms with Crippen molar-refractivity contribution in [1.82, 2.24) is 9.55 Å². The molecule has 108 valence electrons. The van der Waals surface area contributed by atoms with Crippen LogP contribution in [0.2, 0.25) is 0 Å². The minimum absolute atomic E-state index is 0.0712. The molecule has 20 heavy (non-hydrogen) atoms. The van der Waals surface area contributed by atoms with Crippen LogP contribution in [-0.2, 0) is 16.1 Å².